The van der Waals surface area contributed by atoms with Gasteiger partial charge in [0.05, 0.1) is 45.8 Å². The van der Waals surface area contributed by atoms with Gasteiger partial charge in [-0.2, -0.15) is 13.1 Å². The van der Waals surface area contributed by atoms with Gasteiger partial charge in [0.1, 0.15) is 11.5 Å². The van der Waals surface area contributed by atoms with Crippen molar-refractivity contribution in [2.75, 3.05) is 39.0 Å². The summed E-state index contributed by atoms with van der Waals surface area (Å²) in [6.45, 7) is 0.337. The summed E-state index contributed by atoms with van der Waals surface area (Å²) in [5.41, 5.74) is 0.428. The molecule has 9 heteroatoms. The molecule has 1 unspecified atom stereocenters. The number of carboxylic acid groups (broad SMARTS) is 1. The molecule has 158 valence electrons. The Hall–Kier alpha value is -2.62. The van der Waals surface area contributed by atoms with E-state index in [0.717, 1.165) is 4.31 Å². The van der Waals surface area contributed by atoms with Gasteiger partial charge in [-0.1, -0.05) is 18.2 Å². The molecule has 0 spiro atoms. The first-order valence-electron chi connectivity index (χ1n) is 9.08. The molecule has 0 aliphatic carbocycles. The molecule has 2 aromatic carbocycles. The van der Waals surface area contributed by atoms with E-state index in [1.165, 1.54) is 7.05 Å². The molecule has 0 aliphatic heterocycles. The monoisotopic (exact) mass is 422 g/mol. The molecule has 0 fully saturated rings. The van der Waals surface area contributed by atoms with Crippen LogP contribution in [0.1, 0.15) is 6.42 Å². The minimum absolute atomic E-state index is 0.299. The van der Waals surface area contributed by atoms with Crippen molar-refractivity contribution in [1.82, 2.24) is 4.72 Å². The van der Waals surface area contributed by atoms with E-state index >= 15 is 0 Å². The molecule has 0 bridgehead atoms. The fourth-order valence-electron chi connectivity index (χ4n) is 2.79. The first-order valence-corrected chi connectivity index (χ1v) is 10.5. The van der Waals surface area contributed by atoms with Crippen molar-refractivity contribution in [2.45, 2.75) is 12.5 Å². The highest BCUT2D eigenvalue weighted by Gasteiger charge is 2.28. The predicted octanol–water partition coefficient (Wildman–Crippen LogP) is 2.30. The number of carboxylic acids is 1. The van der Waals surface area contributed by atoms with Crippen LogP contribution in [-0.2, 0) is 15.0 Å². The van der Waals surface area contributed by atoms with Crippen molar-refractivity contribution in [1.29, 1.82) is 0 Å². The second kappa shape index (κ2) is 9.25. The summed E-state index contributed by atoms with van der Waals surface area (Å²) in [6.07, 6.45) is -0.299. The van der Waals surface area contributed by atoms with Crippen LogP contribution < -0.4 is 13.8 Å². The van der Waals surface area contributed by atoms with E-state index in [1.807, 2.05) is 51.5 Å². The van der Waals surface area contributed by atoms with Crippen LogP contribution in [0.15, 0.2) is 54.6 Å². The third kappa shape index (κ3) is 7.37. The van der Waals surface area contributed by atoms with Gasteiger partial charge < -0.3 is 14.3 Å². The quantitative estimate of drug-likeness (QED) is 0.573. The lowest BCUT2D eigenvalue weighted by molar-refractivity contribution is -0.871. The SMILES string of the molecule is CN(c1ccc(Oc2ccccc2)cc1)S(=O)(=O)NC(CC(=O)O)C[N+](C)(C)C. The van der Waals surface area contributed by atoms with Crippen molar-refractivity contribution in [3.8, 4) is 11.5 Å². The number of para-hydroxylation sites is 1. The topological polar surface area (TPSA) is 95.9 Å². The average Bonchev–Trinajstić information content (AvgIpc) is 2.60. The number of anilines is 1. The Morgan fingerprint density at radius 2 is 1.62 bits per heavy atom. The average molecular weight is 423 g/mol. The van der Waals surface area contributed by atoms with Crippen LogP contribution in [0.25, 0.3) is 0 Å². The Kier molecular flexibility index (Phi) is 7.23. The Morgan fingerprint density at radius 1 is 1.07 bits per heavy atom. The molecule has 0 aliphatic rings. The molecule has 2 rings (SSSR count). The standard InChI is InChI=1S/C20H27N3O5S/c1-22(29(26,27)21-16(14-20(24)25)15-23(2,3)4)17-10-12-19(13-11-17)28-18-8-6-5-7-9-18/h5-13,16,21H,14-15H2,1-4H3/p+1. The van der Waals surface area contributed by atoms with Gasteiger partial charge in [0.25, 0.3) is 0 Å². The fourth-order valence-corrected chi connectivity index (χ4v) is 3.93. The molecule has 1 atom stereocenters. The van der Waals surface area contributed by atoms with Gasteiger partial charge in [0.2, 0.25) is 0 Å². The molecule has 0 saturated carbocycles. The van der Waals surface area contributed by atoms with Gasteiger partial charge in [-0.3, -0.25) is 9.10 Å². The summed E-state index contributed by atoms with van der Waals surface area (Å²) >= 11 is 0. The molecular formula is C20H28N3O5S+. The summed E-state index contributed by atoms with van der Waals surface area (Å²) in [7, 11) is 3.10. The zero-order valence-electron chi connectivity index (χ0n) is 17.1. The van der Waals surface area contributed by atoms with E-state index in [4.69, 9.17) is 9.84 Å². The zero-order valence-corrected chi connectivity index (χ0v) is 17.9. The highest BCUT2D eigenvalue weighted by atomic mass is 32.2. The van der Waals surface area contributed by atoms with Gasteiger partial charge in [0, 0.05) is 7.05 Å². The van der Waals surface area contributed by atoms with Crippen LogP contribution in [-0.4, -0.2) is 64.8 Å². The molecule has 2 N–H and O–H groups in total. The van der Waals surface area contributed by atoms with Gasteiger partial charge >= 0.3 is 16.2 Å². The molecule has 0 heterocycles. The number of nitrogens with one attached hydrogen (secondary N) is 1. The van der Waals surface area contributed by atoms with Crippen molar-refractivity contribution in [3.63, 3.8) is 0 Å². The lowest BCUT2D eigenvalue weighted by Crippen LogP contribution is -2.52. The highest BCUT2D eigenvalue weighted by Crippen LogP contribution is 2.24. The summed E-state index contributed by atoms with van der Waals surface area (Å²) < 4.78 is 35.3. The van der Waals surface area contributed by atoms with Crippen molar-refractivity contribution in [3.05, 3.63) is 54.6 Å². The third-order valence-electron chi connectivity index (χ3n) is 4.04. The lowest BCUT2D eigenvalue weighted by atomic mass is 10.2. The summed E-state index contributed by atoms with van der Waals surface area (Å²) in [5.74, 6) is 0.198. The molecular weight excluding hydrogens is 394 g/mol. The first kappa shape index (κ1) is 22.7. The van der Waals surface area contributed by atoms with Gasteiger partial charge in [0.15, 0.2) is 0 Å². The Morgan fingerprint density at radius 3 is 2.14 bits per heavy atom. The van der Waals surface area contributed by atoms with E-state index in [2.05, 4.69) is 4.72 Å². The Balaban J connectivity index is 2.11. The fraction of sp³-hybridized carbons (Fsp3) is 0.350. The van der Waals surface area contributed by atoms with Crippen LogP contribution in [0, 0.1) is 0 Å². The molecule has 2 aromatic rings. The number of ether oxygens (including phenoxy) is 1. The summed E-state index contributed by atoms with van der Waals surface area (Å²) in [5, 5.41) is 9.12. The number of aliphatic carboxylic acids is 1. The van der Waals surface area contributed by atoms with Crippen molar-refractivity contribution < 1.29 is 27.5 Å². The number of carbonyl (C=O) groups is 1. The minimum atomic E-state index is -3.93. The van der Waals surface area contributed by atoms with E-state index < -0.39 is 22.2 Å². The number of hydrogen-bond acceptors (Lipinski definition) is 4. The Bertz CT molecular complexity index is 909. The Labute approximate surface area is 172 Å². The van der Waals surface area contributed by atoms with E-state index in [0.29, 0.717) is 28.2 Å². The molecule has 29 heavy (non-hydrogen) atoms. The maximum absolute atomic E-state index is 12.8. The largest absolute Gasteiger partial charge is 0.481 e. The van der Waals surface area contributed by atoms with Crippen LogP contribution >= 0.6 is 0 Å². The zero-order chi connectivity index (χ0) is 21.7. The van der Waals surface area contributed by atoms with Gasteiger partial charge in [-0.25, -0.2) is 0 Å². The normalized spacial score (nSPS) is 13.0. The van der Waals surface area contributed by atoms with Crippen LogP contribution in [0.2, 0.25) is 0 Å². The number of hydrogen-bond donors (Lipinski definition) is 2. The number of quaternary nitrogens is 1. The maximum atomic E-state index is 12.8. The number of benzene rings is 2. The number of rotatable bonds is 10. The molecule has 0 amide bonds. The van der Waals surface area contributed by atoms with Crippen LogP contribution in [0.5, 0.6) is 11.5 Å². The first-order chi connectivity index (χ1) is 13.5. The lowest BCUT2D eigenvalue weighted by Gasteiger charge is -2.30. The second-order valence-corrected chi connectivity index (χ2v) is 9.50. The van der Waals surface area contributed by atoms with Gasteiger partial charge in [-0.05, 0) is 36.4 Å². The van der Waals surface area contributed by atoms with Crippen LogP contribution in [0.4, 0.5) is 5.69 Å². The van der Waals surface area contributed by atoms with Crippen molar-refractivity contribution in [2.24, 2.45) is 0 Å². The minimum Gasteiger partial charge on any atom is -0.481 e. The van der Waals surface area contributed by atoms with E-state index in [1.54, 1.807) is 24.3 Å². The van der Waals surface area contributed by atoms with Crippen molar-refractivity contribution >= 4 is 21.9 Å². The van der Waals surface area contributed by atoms with E-state index in [-0.39, 0.29) is 6.42 Å². The summed E-state index contributed by atoms with van der Waals surface area (Å²) in [4.78, 5) is 11.1. The number of nitrogens with zero attached hydrogens (tertiary/aromatic N) is 2. The highest BCUT2D eigenvalue weighted by molar-refractivity contribution is 7.90. The molecule has 8 nitrogen and oxygen atoms in total. The molecule has 0 radical (unpaired) electrons. The predicted molar refractivity (Wildman–Crippen MR) is 112 cm³/mol. The molecule has 0 aromatic heterocycles. The third-order valence-corrected chi connectivity index (χ3v) is 5.61. The number of likely N-dealkylation sites (N-methyl/N-ethyl adjacent to an activating group) is 1. The van der Waals surface area contributed by atoms with Gasteiger partial charge in [-0.15, -0.1) is 0 Å². The smallest absolute Gasteiger partial charge is 0.305 e. The van der Waals surface area contributed by atoms with Crippen LogP contribution in [0.3, 0.4) is 0 Å². The maximum Gasteiger partial charge on any atom is 0.305 e. The van der Waals surface area contributed by atoms with E-state index in [9.17, 15) is 13.2 Å². The second-order valence-electron chi connectivity index (χ2n) is 7.77. The molecule has 0 saturated heterocycles. The summed E-state index contributed by atoms with van der Waals surface area (Å²) in [6, 6.07) is 15.1.